The van der Waals surface area contributed by atoms with Crippen molar-refractivity contribution in [3.63, 3.8) is 0 Å². The molecule has 2 unspecified atom stereocenters. The Morgan fingerprint density at radius 3 is 1.56 bits per heavy atom. The Kier molecular flexibility index (Phi) is 13.4. The van der Waals surface area contributed by atoms with E-state index in [0.29, 0.717) is 39.3 Å². The molecule has 0 spiro atoms. The van der Waals surface area contributed by atoms with E-state index in [4.69, 9.17) is 10.6 Å². The van der Waals surface area contributed by atoms with Crippen LogP contribution in [0.1, 0.15) is 54.9 Å². The molecule has 0 fully saturated rings. The van der Waals surface area contributed by atoms with Gasteiger partial charge in [0, 0.05) is 86.6 Å². The zero-order chi connectivity index (χ0) is 45.1. The van der Waals surface area contributed by atoms with E-state index in [9.17, 15) is 18.0 Å². The van der Waals surface area contributed by atoms with E-state index in [-0.39, 0.29) is 33.8 Å². The van der Waals surface area contributed by atoms with Crippen LogP contribution in [-0.2, 0) is 37.0 Å². The summed E-state index contributed by atoms with van der Waals surface area (Å²) in [5.74, 6) is 3.05. The number of terminal acetylenes is 1. The first-order valence-corrected chi connectivity index (χ1v) is 24.9. The van der Waals surface area contributed by atoms with E-state index in [2.05, 4.69) is 45.4 Å². The van der Waals surface area contributed by atoms with Gasteiger partial charge in [0.1, 0.15) is 10.5 Å². The number of hydrogen-bond acceptors (Lipinski definition) is 7. The van der Waals surface area contributed by atoms with Crippen molar-refractivity contribution >= 4 is 67.3 Å². The zero-order valence-corrected chi connectivity index (χ0v) is 39.2. The van der Waals surface area contributed by atoms with E-state index in [0.717, 1.165) is 70.8 Å². The topological polar surface area (TPSA) is 93.8 Å². The maximum atomic E-state index is 13.7. The van der Waals surface area contributed by atoms with E-state index >= 15 is 0 Å². The highest BCUT2D eigenvalue weighted by molar-refractivity contribution is 8.00. The number of hydrogen-bond donors (Lipinski definition) is 0. The predicted octanol–water partition coefficient (Wildman–Crippen LogP) is 11.0. The fraction of sp³-hybridized carbons (Fsp3) is 0.269. The number of carbonyl (C=O) groups is 2. The first kappa shape index (κ1) is 44.9. The highest BCUT2D eigenvalue weighted by Crippen LogP contribution is 2.54. The summed E-state index contributed by atoms with van der Waals surface area (Å²) in [6, 6.07) is 39.3. The third-order valence-corrected chi connectivity index (χ3v) is 15.9. The second-order valence-corrected chi connectivity index (χ2v) is 19.5. The molecule has 0 saturated carbocycles. The van der Waals surface area contributed by atoms with E-state index < -0.39 is 10.1 Å². The van der Waals surface area contributed by atoms with Crippen molar-refractivity contribution < 1.29 is 22.2 Å². The minimum atomic E-state index is -3.89. The minimum absolute atomic E-state index is 0.0225. The maximum Gasteiger partial charge on any atom is 0.297 e. The molecule has 2 amide bonds. The van der Waals surface area contributed by atoms with Gasteiger partial charge >= 0.3 is 0 Å². The molecule has 9 nitrogen and oxygen atoms in total. The summed E-state index contributed by atoms with van der Waals surface area (Å²) in [5.41, 5.74) is 9.37. The number of carbonyl (C=O) groups excluding carboxylic acids is 2. The Balaban J connectivity index is 0.000000184. The Bertz CT molecular complexity index is 3010. The number of fused-ring (bicyclic) bond motifs is 10. The molecule has 4 heterocycles. The van der Waals surface area contributed by atoms with Gasteiger partial charge in [-0.25, -0.2) is 0 Å². The summed E-state index contributed by atoms with van der Waals surface area (Å²) in [5, 5.41) is 1.49. The number of rotatable bonds is 12. The number of benzene rings is 5. The minimum Gasteiger partial charge on any atom is -0.342 e. The van der Waals surface area contributed by atoms with Crippen LogP contribution in [0.5, 0.6) is 0 Å². The van der Waals surface area contributed by atoms with E-state index in [1.54, 1.807) is 47.8 Å². The summed E-state index contributed by atoms with van der Waals surface area (Å²) in [6.45, 7) is 13.5. The van der Waals surface area contributed by atoms with Crippen molar-refractivity contribution in [1.82, 2.24) is 18.9 Å². The quantitative estimate of drug-likeness (QED) is 0.0890. The number of nitrogens with zero attached hydrogens (tertiary/aromatic N) is 4. The fourth-order valence-corrected chi connectivity index (χ4v) is 12.4. The van der Waals surface area contributed by atoms with Gasteiger partial charge in [0.25, 0.3) is 10.1 Å². The summed E-state index contributed by atoms with van der Waals surface area (Å²) < 4.78 is 35.4. The lowest BCUT2D eigenvalue weighted by molar-refractivity contribution is -0.131. The first-order valence-electron chi connectivity index (χ1n) is 21.8. The third-order valence-electron chi connectivity index (χ3n) is 12.0. The highest BCUT2D eigenvalue weighted by atomic mass is 32.2. The average molecular weight is 909 g/mol. The van der Waals surface area contributed by atoms with Crippen LogP contribution in [0.4, 0.5) is 0 Å². The standard InChI is InChI=1S/C29H30N2O4S2.C23H22N2OS/c1-4-30(5-2)29(32)28-26-22-10-6-8-12-24(22)31(27(26)23-11-7-9-13-25(23)36-28)18-19-35-37(33,34)21-16-14-20(3)15-17-21;1-4-15-25-18-13-9-7-11-16(18)20-21(25)17-12-8-10-14-19(17)27-22(20)23(26)24(5-2)6-3/h6-17,28H,4-5,18-19H2,1-3H3;1,7-14,22H,5-6,15H2,2-3H3. The molecule has 2 aromatic heterocycles. The molecular formula is C52H52N4O5S3. The van der Waals surface area contributed by atoms with Crippen molar-refractivity contribution in [1.29, 1.82) is 0 Å². The lowest BCUT2D eigenvalue weighted by atomic mass is 10.0. The molecule has 5 aromatic carbocycles. The molecule has 0 N–H and O–H groups in total. The molecule has 2 aliphatic rings. The van der Waals surface area contributed by atoms with E-state index in [1.807, 2.05) is 111 Å². The number of para-hydroxylation sites is 2. The molecule has 0 aliphatic carbocycles. The average Bonchev–Trinajstić information content (AvgIpc) is 3.83. The normalized spacial score (nSPS) is 14.9. The molecule has 0 saturated heterocycles. The van der Waals surface area contributed by atoms with Crippen molar-refractivity contribution in [2.75, 3.05) is 32.8 Å². The molecule has 0 radical (unpaired) electrons. The van der Waals surface area contributed by atoms with Crippen LogP contribution in [0.3, 0.4) is 0 Å². The fourth-order valence-electron chi connectivity index (χ4n) is 8.92. The smallest absolute Gasteiger partial charge is 0.297 e. The van der Waals surface area contributed by atoms with Crippen LogP contribution >= 0.6 is 23.5 Å². The Hall–Kier alpha value is -5.71. The van der Waals surface area contributed by atoms with Gasteiger partial charge in [-0.05, 0) is 71.0 Å². The van der Waals surface area contributed by atoms with Crippen LogP contribution < -0.4 is 0 Å². The summed E-state index contributed by atoms with van der Waals surface area (Å²) in [4.78, 5) is 33.2. The molecule has 9 rings (SSSR count). The van der Waals surface area contributed by atoms with Gasteiger partial charge < -0.3 is 18.9 Å². The lowest BCUT2D eigenvalue weighted by Crippen LogP contribution is -2.34. The predicted molar refractivity (Wildman–Crippen MR) is 261 cm³/mol. The van der Waals surface area contributed by atoms with Gasteiger partial charge in [-0.2, -0.15) is 8.42 Å². The summed E-state index contributed by atoms with van der Waals surface area (Å²) >= 11 is 3.25. The largest absolute Gasteiger partial charge is 0.342 e. The molecule has 0 bridgehead atoms. The molecule has 7 aromatic rings. The number of amides is 2. The van der Waals surface area contributed by atoms with Crippen LogP contribution in [0.2, 0.25) is 0 Å². The molecule has 64 heavy (non-hydrogen) atoms. The van der Waals surface area contributed by atoms with Crippen molar-refractivity contribution in [3.05, 3.63) is 138 Å². The third kappa shape index (κ3) is 8.27. The number of aryl methyl sites for hydroxylation is 1. The summed E-state index contributed by atoms with van der Waals surface area (Å²) in [6.07, 6.45) is 5.70. The molecule has 12 heteroatoms. The van der Waals surface area contributed by atoms with Crippen LogP contribution in [0.15, 0.2) is 136 Å². The number of likely N-dealkylation sites (N-methyl/N-ethyl adjacent to an activating group) is 2. The first-order chi connectivity index (χ1) is 31.1. The highest BCUT2D eigenvalue weighted by Gasteiger charge is 2.38. The molecule has 328 valence electrons. The second kappa shape index (κ2) is 19.2. The lowest BCUT2D eigenvalue weighted by Gasteiger charge is -2.30. The van der Waals surface area contributed by atoms with Crippen LogP contribution in [0.25, 0.3) is 44.3 Å². The van der Waals surface area contributed by atoms with Crippen LogP contribution in [-0.4, -0.2) is 72.0 Å². The second-order valence-electron chi connectivity index (χ2n) is 15.6. The van der Waals surface area contributed by atoms with Gasteiger partial charge in [0.15, 0.2) is 0 Å². The Morgan fingerprint density at radius 1 is 0.641 bits per heavy atom. The zero-order valence-electron chi connectivity index (χ0n) is 36.8. The SMILES string of the molecule is C#CCn1c2c(c3ccccc31)C(C(=O)N(CC)CC)Sc1ccccc1-2.CCN(CC)C(=O)C1Sc2ccccc2-c2c1c1ccccc1n2CCOS(=O)(=O)c1ccc(C)cc1. The molecular weight excluding hydrogens is 857 g/mol. The number of aromatic nitrogens is 2. The van der Waals surface area contributed by atoms with Crippen LogP contribution in [0, 0.1) is 19.3 Å². The van der Waals surface area contributed by atoms with Gasteiger partial charge in [-0.15, -0.1) is 29.9 Å². The Morgan fingerprint density at radius 2 is 1.08 bits per heavy atom. The van der Waals surface area contributed by atoms with Crippen molar-refractivity contribution in [2.45, 2.75) is 72.9 Å². The van der Waals surface area contributed by atoms with Gasteiger partial charge in [0.05, 0.1) is 29.4 Å². The molecule has 2 atom stereocenters. The van der Waals surface area contributed by atoms with Crippen molar-refractivity contribution in [2.24, 2.45) is 0 Å². The maximum absolute atomic E-state index is 13.7. The monoisotopic (exact) mass is 908 g/mol. The number of thioether (sulfide) groups is 2. The van der Waals surface area contributed by atoms with Crippen molar-refractivity contribution in [3.8, 4) is 34.9 Å². The van der Waals surface area contributed by atoms with Gasteiger partial charge in [-0.3, -0.25) is 13.8 Å². The summed E-state index contributed by atoms with van der Waals surface area (Å²) in [7, 11) is -3.89. The van der Waals surface area contributed by atoms with Gasteiger partial charge in [-0.1, -0.05) is 96.4 Å². The van der Waals surface area contributed by atoms with Gasteiger partial charge in [0.2, 0.25) is 11.8 Å². The van der Waals surface area contributed by atoms with E-state index in [1.165, 1.54) is 0 Å². The molecule has 2 aliphatic heterocycles. The Labute approximate surface area is 384 Å².